The van der Waals surface area contributed by atoms with E-state index in [9.17, 15) is 19.7 Å². The van der Waals surface area contributed by atoms with Gasteiger partial charge in [0, 0.05) is 36.6 Å². The summed E-state index contributed by atoms with van der Waals surface area (Å²) in [5, 5.41) is 11.3. The van der Waals surface area contributed by atoms with Crippen molar-refractivity contribution in [2.75, 3.05) is 4.90 Å². The summed E-state index contributed by atoms with van der Waals surface area (Å²) in [4.78, 5) is 36.0. The Labute approximate surface area is 121 Å². The third-order valence-corrected chi connectivity index (χ3v) is 4.40. The fourth-order valence-corrected chi connectivity index (χ4v) is 3.47. The van der Waals surface area contributed by atoms with Gasteiger partial charge in [-0.25, -0.2) is 0 Å². The van der Waals surface area contributed by atoms with Crippen LogP contribution in [0.25, 0.3) is 0 Å². The summed E-state index contributed by atoms with van der Waals surface area (Å²) in [6.07, 6.45) is 2.70. The quantitative estimate of drug-likeness (QED) is 0.485. The van der Waals surface area contributed by atoms with Crippen molar-refractivity contribution in [3.63, 3.8) is 0 Å². The first-order chi connectivity index (χ1) is 9.97. The number of anilines is 1. The molecule has 6 heteroatoms. The van der Waals surface area contributed by atoms with Crippen LogP contribution in [0.2, 0.25) is 0 Å². The lowest BCUT2D eigenvalue weighted by atomic mass is 9.99. The third kappa shape index (κ3) is 2.30. The standard InChI is InChI=1S/C15H16N2O4/c1-9(18)10-2-5-14(15(6-10)17(20)21)16-11-3-4-12(16)8-13(19)7-11/h2,5-6,11-12H,3-4,7-8H2,1H3/t11-,12-/m0/s1. The highest BCUT2D eigenvalue weighted by Crippen LogP contribution is 2.42. The predicted molar refractivity (Wildman–Crippen MR) is 76.6 cm³/mol. The highest BCUT2D eigenvalue weighted by Gasteiger charge is 2.42. The summed E-state index contributed by atoms with van der Waals surface area (Å²) >= 11 is 0. The number of nitro groups is 1. The summed E-state index contributed by atoms with van der Waals surface area (Å²) in [5.74, 6) is 0.0446. The number of hydrogen-bond donors (Lipinski definition) is 0. The summed E-state index contributed by atoms with van der Waals surface area (Å²) in [6, 6.07) is 4.72. The molecular weight excluding hydrogens is 272 g/mol. The lowest BCUT2D eigenvalue weighted by molar-refractivity contribution is -0.384. The van der Waals surface area contributed by atoms with Crippen molar-refractivity contribution >= 4 is 22.9 Å². The molecule has 6 nitrogen and oxygen atoms in total. The minimum absolute atomic E-state index is 0.0473. The third-order valence-electron chi connectivity index (χ3n) is 4.40. The molecule has 1 aromatic rings. The van der Waals surface area contributed by atoms with Crippen LogP contribution >= 0.6 is 0 Å². The second kappa shape index (κ2) is 4.95. The molecule has 2 aliphatic rings. The fourth-order valence-electron chi connectivity index (χ4n) is 3.47. The maximum Gasteiger partial charge on any atom is 0.293 e. The molecule has 110 valence electrons. The monoisotopic (exact) mass is 288 g/mol. The van der Waals surface area contributed by atoms with Gasteiger partial charge < -0.3 is 4.90 Å². The molecule has 0 radical (unpaired) electrons. The largest absolute Gasteiger partial charge is 0.359 e. The van der Waals surface area contributed by atoms with Crippen LogP contribution < -0.4 is 4.90 Å². The number of nitro benzene ring substituents is 1. The summed E-state index contributed by atoms with van der Waals surface area (Å²) in [7, 11) is 0. The van der Waals surface area contributed by atoms with E-state index in [4.69, 9.17) is 0 Å². The molecule has 2 bridgehead atoms. The van der Waals surface area contributed by atoms with Crippen LogP contribution in [-0.4, -0.2) is 28.6 Å². The van der Waals surface area contributed by atoms with E-state index in [2.05, 4.69) is 0 Å². The number of rotatable bonds is 3. The number of benzene rings is 1. The Hall–Kier alpha value is -2.24. The minimum Gasteiger partial charge on any atom is -0.359 e. The Morgan fingerprint density at radius 1 is 1.29 bits per heavy atom. The number of ketones is 2. The molecule has 0 spiro atoms. The number of fused-ring (bicyclic) bond motifs is 2. The molecule has 1 aromatic carbocycles. The number of carbonyl (C=O) groups is 2. The normalized spacial score (nSPS) is 24.2. The molecule has 0 unspecified atom stereocenters. The first-order valence-electron chi connectivity index (χ1n) is 7.07. The predicted octanol–water partition coefficient (Wildman–Crippen LogP) is 2.50. The van der Waals surface area contributed by atoms with Crippen LogP contribution in [0.4, 0.5) is 11.4 Å². The van der Waals surface area contributed by atoms with Gasteiger partial charge in [0.05, 0.1) is 4.92 Å². The molecule has 2 heterocycles. The van der Waals surface area contributed by atoms with Crippen molar-refractivity contribution in [3.8, 4) is 0 Å². The van der Waals surface area contributed by atoms with Crippen molar-refractivity contribution in [2.45, 2.75) is 44.7 Å². The molecule has 0 amide bonds. The van der Waals surface area contributed by atoms with Gasteiger partial charge in [0.25, 0.3) is 5.69 Å². The van der Waals surface area contributed by atoms with Crippen LogP contribution in [0.15, 0.2) is 18.2 Å². The Bertz CT molecular complexity index is 625. The Balaban J connectivity index is 2.04. The highest BCUT2D eigenvalue weighted by molar-refractivity contribution is 5.95. The van der Waals surface area contributed by atoms with Crippen molar-refractivity contribution < 1.29 is 14.5 Å². The Kier molecular flexibility index (Phi) is 3.23. The molecule has 2 saturated heterocycles. The van der Waals surface area contributed by atoms with E-state index in [1.807, 2.05) is 4.90 Å². The molecule has 3 rings (SSSR count). The number of Topliss-reactive ketones (excluding diaryl/α,β-unsaturated/α-hetero) is 2. The molecule has 21 heavy (non-hydrogen) atoms. The topological polar surface area (TPSA) is 80.5 Å². The first-order valence-corrected chi connectivity index (χ1v) is 7.07. The minimum atomic E-state index is -0.447. The Morgan fingerprint density at radius 2 is 1.90 bits per heavy atom. The van der Waals surface area contributed by atoms with E-state index in [-0.39, 0.29) is 29.3 Å². The number of carbonyl (C=O) groups excluding carboxylic acids is 2. The molecule has 0 aromatic heterocycles. The second-order valence-corrected chi connectivity index (χ2v) is 5.76. The van der Waals surface area contributed by atoms with Crippen LogP contribution in [0.3, 0.4) is 0 Å². The zero-order valence-electron chi connectivity index (χ0n) is 11.7. The Morgan fingerprint density at radius 3 is 2.43 bits per heavy atom. The van der Waals surface area contributed by atoms with E-state index in [0.717, 1.165) is 12.8 Å². The number of piperidine rings is 1. The van der Waals surface area contributed by atoms with Crippen LogP contribution in [-0.2, 0) is 4.79 Å². The zero-order valence-corrected chi connectivity index (χ0v) is 11.7. The van der Waals surface area contributed by atoms with Gasteiger partial charge in [-0.3, -0.25) is 19.7 Å². The molecule has 2 atom stereocenters. The van der Waals surface area contributed by atoms with E-state index >= 15 is 0 Å². The van der Waals surface area contributed by atoms with Gasteiger partial charge in [0.2, 0.25) is 0 Å². The van der Waals surface area contributed by atoms with Gasteiger partial charge in [0.15, 0.2) is 5.78 Å². The van der Waals surface area contributed by atoms with Crippen LogP contribution in [0.5, 0.6) is 0 Å². The zero-order chi connectivity index (χ0) is 15.1. The average molecular weight is 288 g/mol. The summed E-state index contributed by atoms with van der Waals surface area (Å²) in [6.45, 7) is 1.39. The fraction of sp³-hybridized carbons (Fsp3) is 0.467. The smallest absolute Gasteiger partial charge is 0.293 e. The number of nitrogens with zero attached hydrogens (tertiary/aromatic N) is 2. The van der Waals surface area contributed by atoms with E-state index in [0.29, 0.717) is 24.1 Å². The van der Waals surface area contributed by atoms with Gasteiger partial charge in [-0.05, 0) is 31.9 Å². The maximum absolute atomic E-state index is 11.7. The van der Waals surface area contributed by atoms with E-state index in [1.165, 1.54) is 13.0 Å². The SMILES string of the molecule is CC(=O)c1ccc(N2[C@H]3CC[C@H]2CC(=O)C3)c([N+](=O)[O-])c1. The van der Waals surface area contributed by atoms with Gasteiger partial charge in [-0.1, -0.05) is 0 Å². The molecule has 2 fully saturated rings. The van der Waals surface area contributed by atoms with Crippen molar-refractivity contribution in [2.24, 2.45) is 0 Å². The lowest BCUT2D eigenvalue weighted by Gasteiger charge is -2.35. The summed E-state index contributed by atoms with van der Waals surface area (Å²) in [5.41, 5.74) is 0.824. The molecular formula is C15H16N2O4. The van der Waals surface area contributed by atoms with E-state index in [1.54, 1.807) is 12.1 Å². The van der Waals surface area contributed by atoms with Gasteiger partial charge in [-0.2, -0.15) is 0 Å². The van der Waals surface area contributed by atoms with Crippen LogP contribution in [0, 0.1) is 10.1 Å². The first kappa shape index (κ1) is 13.7. The molecule has 0 N–H and O–H groups in total. The lowest BCUT2D eigenvalue weighted by Crippen LogP contribution is -2.43. The number of hydrogen-bond acceptors (Lipinski definition) is 5. The maximum atomic E-state index is 11.7. The van der Waals surface area contributed by atoms with Crippen molar-refractivity contribution in [1.82, 2.24) is 0 Å². The van der Waals surface area contributed by atoms with Gasteiger partial charge in [0.1, 0.15) is 11.5 Å². The second-order valence-electron chi connectivity index (χ2n) is 5.76. The summed E-state index contributed by atoms with van der Waals surface area (Å²) < 4.78 is 0. The molecule has 0 saturated carbocycles. The highest BCUT2D eigenvalue weighted by atomic mass is 16.6. The van der Waals surface area contributed by atoms with E-state index < -0.39 is 4.92 Å². The van der Waals surface area contributed by atoms with Gasteiger partial charge >= 0.3 is 0 Å². The van der Waals surface area contributed by atoms with Gasteiger partial charge in [-0.15, -0.1) is 0 Å². The molecule has 2 aliphatic heterocycles. The average Bonchev–Trinajstić information content (AvgIpc) is 2.69. The molecule has 0 aliphatic carbocycles. The van der Waals surface area contributed by atoms with Crippen LogP contribution in [0.1, 0.15) is 43.0 Å². The van der Waals surface area contributed by atoms with Crippen molar-refractivity contribution in [3.05, 3.63) is 33.9 Å². The van der Waals surface area contributed by atoms with Crippen molar-refractivity contribution in [1.29, 1.82) is 0 Å².